The van der Waals surface area contributed by atoms with Gasteiger partial charge in [-0.1, -0.05) is 24.3 Å². The van der Waals surface area contributed by atoms with Gasteiger partial charge < -0.3 is 22.7 Å². The number of benzene rings is 1. The van der Waals surface area contributed by atoms with Gasteiger partial charge in [0, 0.05) is 6.42 Å². The molecule has 0 fully saturated rings. The molecule has 11 heavy (non-hydrogen) atoms. The average molecular weight is 216 g/mol. The molecule has 1 aromatic rings. The Balaban J connectivity index is 0.000001000. The van der Waals surface area contributed by atoms with Crippen LogP contribution in [0.2, 0.25) is 0 Å². The van der Waals surface area contributed by atoms with Crippen LogP contribution in [-0.4, -0.2) is 6.54 Å². The van der Waals surface area contributed by atoms with Crippen molar-refractivity contribution in [3.05, 3.63) is 35.4 Å². The van der Waals surface area contributed by atoms with E-state index in [9.17, 15) is 0 Å². The second-order valence-corrected chi connectivity index (χ2v) is 2.53. The second-order valence-electron chi connectivity index (χ2n) is 2.53. The monoisotopic (exact) mass is 215 g/mol. The molecule has 1 nitrogen and oxygen atoms in total. The lowest BCUT2D eigenvalue weighted by Gasteiger charge is -1.99. The van der Waals surface area contributed by atoms with Crippen LogP contribution in [0.1, 0.15) is 11.1 Å². The Kier molecular flexibility index (Phi) is 5.16. The molecular formula is C9H14BrN. The van der Waals surface area contributed by atoms with Crippen LogP contribution in [0.25, 0.3) is 0 Å². The Hall–Kier alpha value is -0.340. The summed E-state index contributed by atoms with van der Waals surface area (Å²) in [6.45, 7) is 3.13. The van der Waals surface area contributed by atoms with E-state index in [-0.39, 0.29) is 17.0 Å². The molecule has 0 bridgehead atoms. The van der Waals surface area contributed by atoms with E-state index < -0.39 is 0 Å². The highest BCUT2D eigenvalue weighted by Crippen LogP contribution is 2.05. The SMILES string of the molecule is Cc1ccccc1CC[NH3+].[Br-]. The number of rotatable bonds is 2. The van der Waals surface area contributed by atoms with Crippen LogP contribution in [0.3, 0.4) is 0 Å². The molecule has 2 heteroatoms. The van der Waals surface area contributed by atoms with E-state index in [1.807, 2.05) is 0 Å². The van der Waals surface area contributed by atoms with Crippen molar-refractivity contribution in [1.82, 2.24) is 0 Å². The third-order valence-electron chi connectivity index (χ3n) is 1.71. The van der Waals surface area contributed by atoms with Gasteiger partial charge >= 0.3 is 0 Å². The van der Waals surface area contributed by atoms with Gasteiger partial charge in [0.05, 0.1) is 6.54 Å². The predicted molar refractivity (Wildman–Crippen MR) is 42.6 cm³/mol. The Labute approximate surface area is 78.4 Å². The number of hydrogen-bond donors (Lipinski definition) is 1. The van der Waals surface area contributed by atoms with Gasteiger partial charge in [-0.2, -0.15) is 0 Å². The molecule has 0 amide bonds. The molecular weight excluding hydrogens is 202 g/mol. The Morgan fingerprint density at radius 1 is 1.27 bits per heavy atom. The summed E-state index contributed by atoms with van der Waals surface area (Å²) < 4.78 is 0. The molecule has 1 aromatic carbocycles. The fraction of sp³-hybridized carbons (Fsp3) is 0.333. The molecule has 0 saturated carbocycles. The normalized spacial score (nSPS) is 8.91. The van der Waals surface area contributed by atoms with Crippen LogP contribution < -0.4 is 22.7 Å². The number of halogens is 1. The lowest BCUT2D eigenvalue weighted by molar-refractivity contribution is -0.366. The molecule has 0 aliphatic rings. The maximum absolute atomic E-state index is 3.82. The van der Waals surface area contributed by atoms with Gasteiger partial charge in [0.25, 0.3) is 0 Å². The summed E-state index contributed by atoms with van der Waals surface area (Å²) >= 11 is 0. The minimum absolute atomic E-state index is 0. The zero-order valence-electron chi connectivity index (χ0n) is 6.81. The highest BCUT2D eigenvalue weighted by atomic mass is 79.9. The first-order valence-electron chi connectivity index (χ1n) is 3.68. The van der Waals surface area contributed by atoms with Crippen molar-refractivity contribution < 1.29 is 22.7 Å². The zero-order valence-corrected chi connectivity index (χ0v) is 8.39. The molecule has 1 rings (SSSR count). The third-order valence-corrected chi connectivity index (χ3v) is 1.71. The molecule has 0 heterocycles. The van der Waals surface area contributed by atoms with E-state index in [2.05, 4.69) is 36.9 Å². The lowest BCUT2D eigenvalue weighted by Crippen LogP contribution is -3.00. The summed E-state index contributed by atoms with van der Waals surface area (Å²) in [5, 5.41) is 0. The molecule has 0 unspecified atom stereocenters. The highest BCUT2D eigenvalue weighted by Gasteiger charge is 1.93. The van der Waals surface area contributed by atoms with Crippen molar-refractivity contribution in [3.8, 4) is 0 Å². The number of aryl methyl sites for hydroxylation is 1. The maximum Gasteiger partial charge on any atom is 0.0780 e. The Morgan fingerprint density at radius 2 is 1.91 bits per heavy atom. The molecule has 62 valence electrons. The number of quaternary nitrogens is 1. The van der Waals surface area contributed by atoms with Gasteiger partial charge in [0.15, 0.2) is 0 Å². The molecule has 0 aliphatic heterocycles. The Bertz CT molecular complexity index is 210. The molecule has 0 atom stereocenters. The van der Waals surface area contributed by atoms with Gasteiger partial charge in [-0.05, 0) is 18.1 Å². The average Bonchev–Trinajstić information content (AvgIpc) is 1.94. The third kappa shape index (κ3) is 3.04. The summed E-state index contributed by atoms with van der Waals surface area (Å²) in [5.74, 6) is 0. The Morgan fingerprint density at radius 3 is 2.45 bits per heavy atom. The van der Waals surface area contributed by atoms with Crippen molar-refractivity contribution in [3.63, 3.8) is 0 Å². The van der Waals surface area contributed by atoms with Crippen LogP contribution in [-0.2, 0) is 6.42 Å². The molecule has 0 radical (unpaired) electrons. The zero-order chi connectivity index (χ0) is 7.40. The van der Waals surface area contributed by atoms with Gasteiger partial charge in [-0.3, -0.25) is 0 Å². The van der Waals surface area contributed by atoms with Crippen molar-refractivity contribution in [1.29, 1.82) is 0 Å². The molecule has 0 aromatic heterocycles. The van der Waals surface area contributed by atoms with E-state index in [0.29, 0.717) is 0 Å². The van der Waals surface area contributed by atoms with E-state index in [0.717, 1.165) is 13.0 Å². The van der Waals surface area contributed by atoms with Crippen LogP contribution in [0.5, 0.6) is 0 Å². The van der Waals surface area contributed by atoms with E-state index in [4.69, 9.17) is 0 Å². The van der Waals surface area contributed by atoms with E-state index in [1.165, 1.54) is 11.1 Å². The fourth-order valence-electron chi connectivity index (χ4n) is 1.08. The fourth-order valence-corrected chi connectivity index (χ4v) is 1.08. The first kappa shape index (κ1) is 10.7. The summed E-state index contributed by atoms with van der Waals surface area (Å²) in [6.07, 6.45) is 1.10. The topological polar surface area (TPSA) is 27.6 Å². The van der Waals surface area contributed by atoms with Crippen molar-refractivity contribution >= 4 is 0 Å². The van der Waals surface area contributed by atoms with Gasteiger partial charge in [0.2, 0.25) is 0 Å². The van der Waals surface area contributed by atoms with E-state index >= 15 is 0 Å². The van der Waals surface area contributed by atoms with Crippen LogP contribution >= 0.6 is 0 Å². The summed E-state index contributed by atoms with van der Waals surface area (Å²) in [6, 6.07) is 8.46. The van der Waals surface area contributed by atoms with E-state index in [1.54, 1.807) is 0 Å². The molecule has 0 spiro atoms. The maximum atomic E-state index is 3.82. The summed E-state index contributed by atoms with van der Waals surface area (Å²) in [4.78, 5) is 0. The van der Waals surface area contributed by atoms with Gasteiger partial charge in [-0.15, -0.1) is 0 Å². The van der Waals surface area contributed by atoms with Gasteiger partial charge in [-0.25, -0.2) is 0 Å². The lowest BCUT2D eigenvalue weighted by atomic mass is 10.1. The molecule has 0 saturated heterocycles. The van der Waals surface area contributed by atoms with Crippen molar-refractivity contribution in [2.75, 3.05) is 6.54 Å². The molecule has 3 N–H and O–H groups in total. The summed E-state index contributed by atoms with van der Waals surface area (Å²) in [7, 11) is 0. The van der Waals surface area contributed by atoms with Crippen LogP contribution in [0, 0.1) is 6.92 Å². The van der Waals surface area contributed by atoms with Crippen LogP contribution in [0.15, 0.2) is 24.3 Å². The standard InChI is InChI=1S/C9H13N.BrH/c1-8-4-2-3-5-9(8)6-7-10;/h2-5H,6-7,10H2,1H3;1H. The quantitative estimate of drug-likeness (QED) is 0.580. The summed E-state index contributed by atoms with van der Waals surface area (Å²) in [5.41, 5.74) is 6.63. The minimum atomic E-state index is 0. The minimum Gasteiger partial charge on any atom is -1.00 e. The van der Waals surface area contributed by atoms with Gasteiger partial charge in [0.1, 0.15) is 0 Å². The molecule has 0 aliphatic carbocycles. The number of hydrogen-bond acceptors (Lipinski definition) is 0. The highest BCUT2D eigenvalue weighted by molar-refractivity contribution is 5.25. The largest absolute Gasteiger partial charge is 1.00 e. The predicted octanol–water partition coefficient (Wildman–Crippen LogP) is -2.22. The first-order valence-corrected chi connectivity index (χ1v) is 3.68. The van der Waals surface area contributed by atoms with Crippen molar-refractivity contribution in [2.45, 2.75) is 13.3 Å². The second kappa shape index (κ2) is 5.33. The van der Waals surface area contributed by atoms with Crippen molar-refractivity contribution in [2.24, 2.45) is 0 Å². The first-order chi connectivity index (χ1) is 4.84. The smallest absolute Gasteiger partial charge is 0.0780 e. The van der Waals surface area contributed by atoms with Crippen LogP contribution in [0.4, 0.5) is 0 Å².